The number of nitrogens with one attached hydrogen (secondary N) is 1. The molecular formula is C14H13F9NO6P. The zero-order chi connectivity index (χ0) is 24.5. The fourth-order valence-corrected chi connectivity index (χ4v) is 2.72. The van der Waals surface area contributed by atoms with Crippen molar-refractivity contribution in [3.63, 3.8) is 0 Å². The van der Waals surface area contributed by atoms with Crippen molar-refractivity contribution in [3.05, 3.63) is 29.8 Å². The highest BCUT2D eigenvalue weighted by Crippen LogP contribution is 2.48. The van der Waals surface area contributed by atoms with E-state index >= 15 is 0 Å². The first-order valence-corrected chi connectivity index (χ1v) is 9.41. The Kier molecular flexibility index (Phi) is 7.83. The number of rotatable bonds is 8. The normalized spacial score (nSPS) is 16.5. The van der Waals surface area contributed by atoms with Gasteiger partial charge < -0.3 is 19.8 Å². The third-order valence-electron chi connectivity index (χ3n) is 3.43. The lowest BCUT2D eigenvalue weighted by Gasteiger charge is -2.34. The van der Waals surface area contributed by atoms with Crippen LogP contribution in [0.4, 0.5) is 45.2 Å². The van der Waals surface area contributed by atoms with E-state index < -0.39 is 55.8 Å². The van der Waals surface area contributed by atoms with Gasteiger partial charge in [-0.05, 0) is 17.7 Å². The molecule has 0 saturated carbocycles. The lowest BCUT2D eigenvalue weighted by molar-refractivity contribution is -0.466. The number of hydrogen-bond donors (Lipinski definition) is 3. The smallest absolute Gasteiger partial charge is 0.335 e. The Morgan fingerprint density at radius 2 is 1.52 bits per heavy atom. The van der Waals surface area contributed by atoms with E-state index in [1.807, 2.05) is 0 Å². The molecular weight excluding hydrogens is 480 g/mol. The number of hydrogen-bond acceptors (Lipinski definition) is 4. The zero-order valence-corrected chi connectivity index (χ0v) is 15.9. The van der Waals surface area contributed by atoms with Crippen molar-refractivity contribution < 1.29 is 68.1 Å². The highest BCUT2D eigenvalue weighted by Gasteiger charge is 2.75. The van der Waals surface area contributed by atoms with Crippen LogP contribution in [0.3, 0.4) is 0 Å². The van der Waals surface area contributed by atoms with E-state index in [4.69, 9.17) is 9.79 Å². The van der Waals surface area contributed by atoms with E-state index in [0.717, 1.165) is 24.3 Å². The molecule has 0 bridgehead atoms. The van der Waals surface area contributed by atoms with Gasteiger partial charge in [-0.25, -0.2) is 0 Å². The van der Waals surface area contributed by atoms with E-state index in [9.17, 15) is 48.9 Å². The topological polar surface area (TPSA) is 105 Å². The first-order chi connectivity index (χ1) is 13.7. The number of methoxy groups -OCH3 is 1. The summed E-state index contributed by atoms with van der Waals surface area (Å²) in [7, 11) is -4.70. The molecule has 1 aromatic carbocycles. The molecule has 0 fully saturated rings. The van der Waals surface area contributed by atoms with Gasteiger partial charge >= 0.3 is 31.9 Å². The largest absolute Gasteiger partial charge is 0.457 e. The van der Waals surface area contributed by atoms with Gasteiger partial charge in [-0.15, -0.1) is 0 Å². The van der Waals surface area contributed by atoms with Gasteiger partial charge in [-0.2, -0.15) is 39.5 Å². The molecule has 31 heavy (non-hydrogen) atoms. The molecule has 0 aliphatic rings. The van der Waals surface area contributed by atoms with Gasteiger partial charge in [0, 0.05) is 12.8 Å². The van der Waals surface area contributed by atoms with Crippen LogP contribution in [0.5, 0.6) is 0 Å². The van der Waals surface area contributed by atoms with Crippen LogP contribution >= 0.6 is 7.60 Å². The second-order valence-electron chi connectivity index (χ2n) is 5.86. The van der Waals surface area contributed by atoms with Crippen LogP contribution in [0, 0.1) is 0 Å². The minimum Gasteiger partial charge on any atom is -0.335 e. The van der Waals surface area contributed by atoms with E-state index in [-0.39, 0.29) is 12.7 Å². The summed E-state index contributed by atoms with van der Waals surface area (Å²) in [5, 5.41) is 1.41. The summed E-state index contributed by atoms with van der Waals surface area (Å²) in [6.07, 6.45) is -23.9. The van der Waals surface area contributed by atoms with Gasteiger partial charge in [-0.3, -0.25) is 14.1 Å². The first kappa shape index (κ1) is 27.2. The minimum atomic E-state index is -6.54. The maximum absolute atomic E-state index is 13.7. The zero-order valence-electron chi connectivity index (χ0n) is 15.0. The van der Waals surface area contributed by atoms with Crippen molar-refractivity contribution in [1.82, 2.24) is 0 Å². The van der Waals surface area contributed by atoms with Gasteiger partial charge in [0.2, 0.25) is 6.10 Å². The maximum atomic E-state index is 13.7. The van der Waals surface area contributed by atoms with Gasteiger partial charge in [0.05, 0.1) is 6.16 Å². The molecule has 0 aromatic heterocycles. The Balaban J connectivity index is 3.13. The van der Waals surface area contributed by atoms with Crippen LogP contribution in [0.25, 0.3) is 0 Å². The second-order valence-corrected chi connectivity index (χ2v) is 7.51. The average Bonchev–Trinajstić information content (AvgIpc) is 2.57. The van der Waals surface area contributed by atoms with Crippen molar-refractivity contribution in [2.45, 2.75) is 36.6 Å². The van der Waals surface area contributed by atoms with Crippen LogP contribution in [0.2, 0.25) is 0 Å². The molecule has 0 heterocycles. The number of benzene rings is 1. The standard InChI is InChI=1S/C14H13F9NO6P/c1-29-12(18,13(19,20)21)14(22,23)30-9(11(15,16)17)10(25)24-8-4-2-7(3-5-8)6-31(26,27)28/h2-5,9H,6H2,1H3,(H,24,25)(H2,26,27,28). The molecule has 3 N–H and O–H groups in total. The summed E-state index contributed by atoms with van der Waals surface area (Å²) >= 11 is 0. The molecule has 178 valence electrons. The van der Waals surface area contributed by atoms with Crippen LogP contribution in [-0.4, -0.2) is 53.2 Å². The first-order valence-electron chi connectivity index (χ1n) is 7.61. The summed E-state index contributed by atoms with van der Waals surface area (Å²) in [4.78, 5) is 29.4. The molecule has 7 nitrogen and oxygen atoms in total. The molecule has 0 spiro atoms. The SMILES string of the molecule is COC(F)(C(F)(F)F)C(F)(F)OC(C(=O)Nc1ccc(CP(=O)(O)O)cc1)C(F)(F)F. The van der Waals surface area contributed by atoms with Crippen LogP contribution in [-0.2, 0) is 25.0 Å². The fraction of sp³-hybridized carbons (Fsp3) is 0.500. The Labute approximate surface area is 167 Å². The Morgan fingerprint density at radius 1 is 1.03 bits per heavy atom. The molecule has 0 radical (unpaired) electrons. The number of halogens is 9. The molecule has 2 atom stereocenters. The molecule has 0 saturated heterocycles. The molecule has 0 aliphatic heterocycles. The molecule has 1 amide bonds. The predicted octanol–water partition coefficient (Wildman–Crippen LogP) is 3.72. The van der Waals surface area contributed by atoms with E-state index in [1.54, 1.807) is 0 Å². The van der Waals surface area contributed by atoms with Crippen molar-refractivity contribution in [1.29, 1.82) is 0 Å². The molecule has 0 aliphatic carbocycles. The molecule has 17 heteroatoms. The minimum absolute atomic E-state index is 0.0195. The molecule has 1 aromatic rings. The highest BCUT2D eigenvalue weighted by atomic mass is 31.2. The number of carbonyl (C=O) groups excluding carboxylic acids is 1. The van der Waals surface area contributed by atoms with E-state index in [0.29, 0.717) is 0 Å². The Morgan fingerprint density at radius 3 is 1.87 bits per heavy atom. The summed E-state index contributed by atoms with van der Waals surface area (Å²) in [5.41, 5.74) is -0.552. The van der Waals surface area contributed by atoms with E-state index in [2.05, 4.69) is 9.47 Å². The second kappa shape index (κ2) is 8.94. The summed E-state index contributed by atoms with van der Waals surface area (Å²) in [5.74, 6) is -8.44. The van der Waals surface area contributed by atoms with Crippen molar-refractivity contribution in [2.24, 2.45) is 0 Å². The van der Waals surface area contributed by atoms with Gasteiger partial charge in [0.1, 0.15) is 0 Å². The summed E-state index contributed by atoms with van der Waals surface area (Å²) < 4.78 is 134. The summed E-state index contributed by atoms with van der Waals surface area (Å²) in [6.45, 7) is 0. The number of amides is 1. The predicted molar refractivity (Wildman–Crippen MR) is 83.6 cm³/mol. The summed E-state index contributed by atoms with van der Waals surface area (Å²) in [6, 6.07) is 3.54. The molecule has 2 unspecified atom stereocenters. The number of alkyl halides is 9. The van der Waals surface area contributed by atoms with Gasteiger partial charge in [0.25, 0.3) is 5.91 Å². The van der Waals surface area contributed by atoms with Crippen LogP contribution in [0.15, 0.2) is 24.3 Å². The van der Waals surface area contributed by atoms with E-state index in [1.165, 1.54) is 5.32 Å². The van der Waals surface area contributed by atoms with Gasteiger partial charge in [0.15, 0.2) is 0 Å². The lowest BCUT2D eigenvalue weighted by Crippen LogP contribution is -2.61. The number of ether oxygens (including phenoxy) is 2. The third kappa shape index (κ3) is 6.80. The number of anilines is 1. The Hall–Kier alpha value is -1.87. The van der Waals surface area contributed by atoms with Gasteiger partial charge in [-0.1, -0.05) is 12.1 Å². The molecule has 1 rings (SSSR count). The fourth-order valence-electron chi connectivity index (χ4n) is 2.03. The maximum Gasteiger partial charge on any atom is 0.457 e. The van der Waals surface area contributed by atoms with Crippen molar-refractivity contribution >= 4 is 19.2 Å². The highest BCUT2D eigenvalue weighted by molar-refractivity contribution is 7.50. The average molecular weight is 493 g/mol. The quantitative estimate of drug-likeness (QED) is 0.377. The van der Waals surface area contributed by atoms with Crippen LogP contribution < -0.4 is 5.32 Å². The monoisotopic (exact) mass is 493 g/mol. The van der Waals surface area contributed by atoms with Crippen molar-refractivity contribution in [3.8, 4) is 0 Å². The number of carbonyl (C=O) groups is 1. The lowest BCUT2D eigenvalue weighted by atomic mass is 10.2. The Bertz CT molecular complexity index is 823. The van der Waals surface area contributed by atoms with Crippen LogP contribution in [0.1, 0.15) is 5.56 Å². The van der Waals surface area contributed by atoms with Crippen molar-refractivity contribution in [2.75, 3.05) is 12.4 Å². The third-order valence-corrected chi connectivity index (χ3v) is 4.21.